The third-order valence-electron chi connectivity index (χ3n) is 8.77. The van der Waals surface area contributed by atoms with Crippen molar-refractivity contribution >= 4 is 11.4 Å². The second-order valence-electron chi connectivity index (χ2n) is 12.0. The molecule has 1 heteroatoms. The van der Waals surface area contributed by atoms with Crippen molar-refractivity contribution in [2.45, 2.75) is 52.4 Å². The van der Waals surface area contributed by atoms with E-state index in [1.807, 2.05) is 6.08 Å². The van der Waals surface area contributed by atoms with Gasteiger partial charge in [-0.2, -0.15) is 0 Å². The molecular formula is C38H37N. The van der Waals surface area contributed by atoms with Gasteiger partial charge in [-0.15, -0.1) is 0 Å². The molecule has 0 spiro atoms. The Bertz CT molecular complexity index is 1680. The number of fused-ring (bicyclic) bond motifs is 6. The Balaban J connectivity index is 1.53. The van der Waals surface area contributed by atoms with Crippen LogP contribution in [0, 0.1) is 6.92 Å². The molecule has 0 aromatic heterocycles. The van der Waals surface area contributed by atoms with Crippen molar-refractivity contribution in [2.75, 3.05) is 4.90 Å². The van der Waals surface area contributed by atoms with Gasteiger partial charge in [0.2, 0.25) is 0 Å². The summed E-state index contributed by atoms with van der Waals surface area (Å²) in [5, 5.41) is 0. The van der Waals surface area contributed by atoms with E-state index in [1.54, 1.807) is 0 Å². The van der Waals surface area contributed by atoms with Crippen LogP contribution < -0.4 is 4.90 Å². The Morgan fingerprint density at radius 3 is 1.82 bits per heavy atom. The van der Waals surface area contributed by atoms with Crippen molar-refractivity contribution in [1.29, 1.82) is 0 Å². The Labute approximate surface area is 233 Å². The first-order chi connectivity index (χ1) is 18.7. The van der Waals surface area contributed by atoms with Crippen LogP contribution in [0.5, 0.6) is 0 Å². The molecule has 0 amide bonds. The van der Waals surface area contributed by atoms with Gasteiger partial charge in [-0.05, 0) is 107 Å². The first-order valence-electron chi connectivity index (χ1n) is 13.9. The Kier molecular flexibility index (Phi) is 5.81. The van der Waals surface area contributed by atoms with Gasteiger partial charge in [-0.3, -0.25) is 0 Å². The monoisotopic (exact) mass is 507 g/mol. The van der Waals surface area contributed by atoms with Crippen molar-refractivity contribution in [3.05, 3.63) is 143 Å². The van der Waals surface area contributed by atoms with Gasteiger partial charge < -0.3 is 4.90 Å². The van der Waals surface area contributed by atoms with Crippen LogP contribution >= 0.6 is 0 Å². The summed E-state index contributed by atoms with van der Waals surface area (Å²) in [5.41, 5.74) is 15.7. The fourth-order valence-electron chi connectivity index (χ4n) is 6.72. The maximum atomic E-state index is 3.99. The maximum absolute atomic E-state index is 3.99. The van der Waals surface area contributed by atoms with Gasteiger partial charge in [0, 0.05) is 27.9 Å². The molecule has 2 aliphatic carbocycles. The molecule has 2 aliphatic rings. The predicted molar refractivity (Wildman–Crippen MR) is 168 cm³/mol. The second kappa shape index (κ2) is 8.99. The van der Waals surface area contributed by atoms with Crippen molar-refractivity contribution < 1.29 is 0 Å². The molecule has 0 saturated heterocycles. The SMILES string of the molecule is C=C/C=C(\C=C/C)N(c1ccccc1)c1ccc2c(c1)C(C)(C)c1cc3c(cc1-2)C(C)(C)c1cc(C)ccc1-3. The fraction of sp³-hybridized carbons (Fsp3) is 0.211. The van der Waals surface area contributed by atoms with Gasteiger partial charge in [-0.1, -0.05) is 94.5 Å². The highest BCUT2D eigenvalue weighted by atomic mass is 15.1. The van der Waals surface area contributed by atoms with E-state index in [1.165, 1.54) is 50.1 Å². The van der Waals surface area contributed by atoms with E-state index in [0.29, 0.717) is 0 Å². The summed E-state index contributed by atoms with van der Waals surface area (Å²) in [4.78, 5) is 2.32. The average Bonchev–Trinajstić information content (AvgIpc) is 3.27. The van der Waals surface area contributed by atoms with Crippen LogP contribution in [0.1, 0.15) is 62.4 Å². The standard InChI is InChI=1S/C38H37N/c1-8-13-26(14-9-2)39(27-15-11-10-12-16-27)28-18-20-30-32-24-35-31(23-36(32)38(6,7)34(30)22-28)29-19-17-25(3)21-33(29)37(35,4)5/h8-24H,1H2,2-7H3/b14-9-,26-13+. The second-order valence-corrected chi connectivity index (χ2v) is 12.0. The summed E-state index contributed by atoms with van der Waals surface area (Å²) in [7, 11) is 0. The predicted octanol–water partition coefficient (Wildman–Crippen LogP) is 10.4. The molecule has 0 unspecified atom stereocenters. The van der Waals surface area contributed by atoms with Crippen LogP contribution in [0.4, 0.5) is 11.4 Å². The molecule has 0 saturated carbocycles. The Hall–Kier alpha value is -4.10. The summed E-state index contributed by atoms with van der Waals surface area (Å²) in [6.07, 6.45) is 8.17. The average molecular weight is 508 g/mol. The van der Waals surface area contributed by atoms with Crippen molar-refractivity contribution in [3.8, 4) is 22.3 Å². The minimum absolute atomic E-state index is 0.0144. The molecule has 39 heavy (non-hydrogen) atoms. The van der Waals surface area contributed by atoms with Crippen LogP contribution in [0.2, 0.25) is 0 Å². The molecule has 4 aromatic rings. The van der Waals surface area contributed by atoms with E-state index in [-0.39, 0.29) is 10.8 Å². The van der Waals surface area contributed by atoms with E-state index in [0.717, 1.165) is 17.1 Å². The lowest BCUT2D eigenvalue weighted by Crippen LogP contribution is -2.18. The van der Waals surface area contributed by atoms with Crippen molar-refractivity contribution in [1.82, 2.24) is 0 Å². The molecule has 0 bridgehead atoms. The molecule has 0 heterocycles. The highest BCUT2D eigenvalue weighted by Gasteiger charge is 2.41. The Morgan fingerprint density at radius 1 is 0.667 bits per heavy atom. The van der Waals surface area contributed by atoms with Gasteiger partial charge in [-0.25, -0.2) is 0 Å². The van der Waals surface area contributed by atoms with Crippen LogP contribution in [0.3, 0.4) is 0 Å². The largest absolute Gasteiger partial charge is 0.311 e. The number of rotatable bonds is 5. The summed E-state index contributed by atoms with van der Waals surface area (Å²) >= 11 is 0. The smallest absolute Gasteiger partial charge is 0.0465 e. The summed E-state index contributed by atoms with van der Waals surface area (Å²) < 4.78 is 0. The number of hydrogen-bond acceptors (Lipinski definition) is 1. The molecule has 0 aliphatic heterocycles. The minimum Gasteiger partial charge on any atom is -0.311 e. The van der Waals surface area contributed by atoms with Crippen LogP contribution in [-0.4, -0.2) is 0 Å². The summed E-state index contributed by atoms with van der Waals surface area (Å²) in [6, 6.07) is 29.5. The maximum Gasteiger partial charge on any atom is 0.0465 e. The minimum atomic E-state index is -0.113. The van der Waals surface area contributed by atoms with E-state index in [4.69, 9.17) is 0 Å². The molecule has 6 rings (SSSR count). The Morgan fingerprint density at radius 2 is 1.23 bits per heavy atom. The molecule has 1 nitrogen and oxygen atoms in total. The number of aryl methyl sites for hydroxylation is 1. The molecule has 194 valence electrons. The molecule has 0 atom stereocenters. The van der Waals surface area contributed by atoms with Crippen LogP contribution in [0.25, 0.3) is 22.3 Å². The van der Waals surface area contributed by atoms with E-state index < -0.39 is 0 Å². The van der Waals surface area contributed by atoms with Gasteiger partial charge in [0.1, 0.15) is 0 Å². The molecule has 0 radical (unpaired) electrons. The number of hydrogen-bond donors (Lipinski definition) is 0. The topological polar surface area (TPSA) is 3.24 Å². The van der Waals surface area contributed by atoms with E-state index >= 15 is 0 Å². The van der Waals surface area contributed by atoms with Crippen molar-refractivity contribution in [2.24, 2.45) is 0 Å². The first kappa shape index (κ1) is 25.2. The first-order valence-corrected chi connectivity index (χ1v) is 13.9. The van der Waals surface area contributed by atoms with Crippen LogP contribution in [0.15, 0.2) is 115 Å². The zero-order valence-electron chi connectivity index (χ0n) is 24.0. The fourth-order valence-corrected chi connectivity index (χ4v) is 6.72. The number of para-hydroxylation sites is 1. The molecule has 0 fully saturated rings. The van der Waals surface area contributed by atoms with Crippen LogP contribution in [-0.2, 0) is 10.8 Å². The number of benzene rings is 4. The van der Waals surface area contributed by atoms with Gasteiger partial charge in [0.05, 0.1) is 0 Å². The summed E-state index contributed by atoms with van der Waals surface area (Å²) in [6.45, 7) is 17.7. The van der Waals surface area contributed by atoms with Crippen molar-refractivity contribution in [3.63, 3.8) is 0 Å². The van der Waals surface area contributed by atoms with Gasteiger partial charge in [0.25, 0.3) is 0 Å². The number of anilines is 2. The van der Waals surface area contributed by atoms with Gasteiger partial charge >= 0.3 is 0 Å². The van der Waals surface area contributed by atoms with Gasteiger partial charge in [0.15, 0.2) is 0 Å². The highest BCUT2D eigenvalue weighted by Crippen LogP contribution is 2.56. The lowest BCUT2D eigenvalue weighted by Gasteiger charge is -2.28. The lowest BCUT2D eigenvalue weighted by molar-refractivity contribution is 0.651. The lowest BCUT2D eigenvalue weighted by atomic mass is 9.79. The van der Waals surface area contributed by atoms with E-state index in [9.17, 15) is 0 Å². The molecule has 0 N–H and O–H groups in total. The zero-order valence-corrected chi connectivity index (χ0v) is 24.0. The third kappa shape index (κ3) is 3.75. The summed E-state index contributed by atoms with van der Waals surface area (Å²) in [5.74, 6) is 0. The highest BCUT2D eigenvalue weighted by molar-refractivity contribution is 5.90. The number of nitrogens with zero attached hydrogens (tertiary/aromatic N) is 1. The van der Waals surface area contributed by atoms with E-state index in [2.05, 4.69) is 150 Å². The molecule has 4 aromatic carbocycles. The molecular weight excluding hydrogens is 470 g/mol. The zero-order chi connectivity index (χ0) is 27.5. The normalized spacial score (nSPS) is 16.0. The third-order valence-corrected chi connectivity index (χ3v) is 8.77. The number of allylic oxidation sites excluding steroid dienone is 4. The quantitative estimate of drug-likeness (QED) is 0.243.